The number of aryl methyl sites for hydroxylation is 1. The molecule has 0 saturated heterocycles. The predicted octanol–water partition coefficient (Wildman–Crippen LogP) is 3.19. The first kappa shape index (κ1) is 13.3. The number of hydrogen-bond donors (Lipinski definition) is 1. The smallest absolute Gasteiger partial charge is 0.169 e. The van der Waals surface area contributed by atoms with E-state index in [1.165, 1.54) is 0 Å². The Hall–Kier alpha value is -2.10. The third kappa shape index (κ3) is 3.95. The molecule has 100 valence electrons. The molecule has 2 aromatic rings. The van der Waals surface area contributed by atoms with Crippen molar-refractivity contribution in [2.24, 2.45) is 0 Å². The molecule has 0 saturated carbocycles. The molecule has 1 N–H and O–H groups in total. The van der Waals surface area contributed by atoms with Gasteiger partial charge in [-0.25, -0.2) is 4.98 Å². The van der Waals surface area contributed by atoms with Gasteiger partial charge in [-0.05, 0) is 37.6 Å². The van der Waals surface area contributed by atoms with Gasteiger partial charge in [0.05, 0.1) is 18.8 Å². The minimum Gasteiger partial charge on any atom is -0.490 e. The summed E-state index contributed by atoms with van der Waals surface area (Å²) < 4.78 is 5.65. The second kappa shape index (κ2) is 6.73. The van der Waals surface area contributed by atoms with Crippen molar-refractivity contribution in [3.8, 4) is 5.75 Å². The average molecular weight is 257 g/mol. The molecule has 2 rings (SSSR count). The largest absolute Gasteiger partial charge is 0.490 e. The van der Waals surface area contributed by atoms with Gasteiger partial charge in [0.15, 0.2) is 11.6 Å². The highest BCUT2D eigenvalue weighted by Gasteiger charge is 2.04. The van der Waals surface area contributed by atoms with Gasteiger partial charge in [0, 0.05) is 11.9 Å². The maximum Gasteiger partial charge on any atom is 0.169 e. The molecule has 2 aromatic heterocycles. The summed E-state index contributed by atoms with van der Waals surface area (Å²) >= 11 is 0. The van der Waals surface area contributed by atoms with Crippen molar-refractivity contribution in [3.63, 3.8) is 0 Å². The Labute approximate surface area is 113 Å². The van der Waals surface area contributed by atoms with Gasteiger partial charge in [0.1, 0.15) is 0 Å². The van der Waals surface area contributed by atoms with Crippen LogP contribution in [-0.2, 0) is 6.54 Å². The first-order valence-corrected chi connectivity index (χ1v) is 6.54. The summed E-state index contributed by atoms with van der Waals surface area (Å²) in [7, 11) is 0. The summed E-state index contributed by atoms with van der Waals surface area (Å²) in [6, 6.07) is 9.79. The highest BCUT2D eigenvalue weighted by Crippen LogP contribution is 2.21. The average Bonchev–Trinajstić information content (AvgIpc) is 2.44. The van der Waals surface area contributed by atoms with Gasteiger partial charge in [0.25, 0.3) is 0 Å². The van der Waals surface area contributed by atoms with Gasteiger partial charge in [-0.1, -0.05) is 13.0 Å². The quantitative estimate of drug-likeness (QED) is 0.863. The Morgan fingerprint density at radius 2 is 2.11 bits per heavy atom. The van der Waals surface area contributed by atoms with Gasteiger partial charge in [-0.15, -0.1) is 0 Å². The molecule has 0 aliphatic heterocycles. The van der Waals surface area contributed by atoms with E-state index in [4.69, 9.17) is 4.74 Å². The van der Waals surface area contributed by atoms with Crippen LogP contribution >= 0.6 is 0 Å². The molecule has 0 unspecified atom stereocenters. The third-order valence-electron chi connectivity index (χ3n) is 2.62. The lowest BCUT2D eigenvalue weighted by atomic mass is 10.3. The highest BCUT2D eigenvalue weighted by atomic mass is 16.5. The minimum atomic E-state index is 0.640. The van der Waals surface area contributed by atoms with Crippen molar-refractivity contribution >= 4 is 5.82 Å². The van der Waals surface area contributed by atoms with Gasteiger partial charge in [0.2, 0.25) is 0 Å². The molecule has 19 heavy (non-hydrogen) atoms. The van der Waals surface area contributed by atoms with E-state index in [9.17, 15) is 0 Å². The maximum absolute atomic E-state index is 5.65. The molecule has 0 amide bonds. The molecule has 0 bridgehead atoms. The van der Waals surface area contributed by atoms with E-state index in [2.05, 4.69) is 22.2 Å². The van der Waals surface area contributed by atoms with E-state index in [0.29, 0.717) is 13.2 Å². The van der Waals surface area contributed by atoms with E-state index < -0.39 is 0 Å². The topological polar surface area (TPSA) is 47.0 Å². The van der Waals surface area contributed by atoms with Crippen LogP contribution in [0.4, 0.5) is 5.82 Å². The summed E-state index contributed by atoms with van der Waals surface area (Å²) in [5.74, 6) is 1.55. The summed E-state index contributed by atoms with van der Waals surface area (Å²) in [5.41, 5.74) is 2.01. The zero-order valence-corrected chi connectivity index (χ0v) is 11.4. The van der Waals surface area contributed by atoms with Crippen LogP contribution in [0.25, 0.3) is 0 Å². The summed E-state index contributed by atoms with van der Waals surface area (Å²) in [6.07, 6.45) is 2.73. The van der Waals surface area contributed by atoms with Crippen LogP contribution in [0.3, 0.4) is 0 Å². The van der Waals surface area contributed by atoms with Crippen molar-refractivity contribution in [2.45, 2.75) is 26.8 Å². The lowest BCUT2D eigenvalue weighted by Gasteiger charge is -2.11. The number of pyridine rings is 2. The first-order chi connectivity index (χ1) is 9.29. The van der Waals surface area contributed by atoms with Gasteiger partial charge in [-0.2, -0.15) is 0 Å². The normalized spacial score (nSPS) is 10.2. The number of rotatable bonds is 6. The second-order valence-corrected chi connectivity index (χ2v) is 4.32. The third-order valence-corrected chi connectivity index (χ3v) is 2.62. The number of anilines is 1. The lowest BCUT2D eigenvalue weighted by Crippen LogP contribution is -2.06. The van der Waals surface area contributed by atoms with Crippen LogP contribution < -0.4 is 10.1 Å². The molecule has 0 atom stereocenters. The van der Waals surface area contributed by atoms with Crippen molar-refractivity contribution < 1.29 is 4.74 Å². The standard InChI is InChI=1S/C15H19N3O/c1-3-10-19-14-8-5-9-16-15(14)17-11-13-7-4-6-12(2)18-13/h4-9H,3,10-11H2,1-2H3,(H,16,17). The molecule has 4 heteroatoms. The Kier molecular flexibility index (Phi) is 4.72. The molecule has 0 aromatic carbocycles. The molecule has 0 aliphatic carbocycles. The first-order valence-electron chi connectivity index (χ1n) is 6.54. The van der Waals surface area contributed by atoms with Crippen LogP contribution in [0, 0.1) is 6.92 Å². The van der Waals surface area contributed by atoms with E-state index in [1.807, 2.05) is 37.3 Å². The molecule has 0 spiro atoms. The van der Waals surface area contributed by atoms with Gasteiger partial charge in [-0.3, -0.25) is 4.98 Å². The zero-order valence-electron chi connectivity index (χ0n) is 11.4. The molecule has 0 aliphatic rings. The van der Waals surface area contributed by atoms with Crippen LogP contribution in [0.2, 0.25) is 0 Å². The summed E-state index contributed by atoms with van der Waals surface area (Å²) in [4.78, 5) is 8.75. The van der Waals surface area contributed by atoms with E-state index in [1.54, 1.807) is 6.20 Å². The van der Waals surface area contributed by atoms with E-state index in [0.717, 1.165) is 29.4 Å². The van der Waals surface area contributed by atoms with Crippen molar-refractivity contribution in [3.05, 3.63) is 47.9 Å². The SMILES string of the molecule is CCCOc1cccnc1NCc1cccc(C)n1. The Morgan fingerprint density at radius 1 is 1.21 bits per heavy atom. The van der Waals surface area contributed by atoms with E-state index in [-0.39, 0.29) is 0 Å². The summed E-state index contributed by atoms with van der Waals surface area (Å²) in [6.45, 7) is 5.41. The Balaban J connectivity index is 2.02. The van der Waals surface area contributed by atoms with Crippen LogP contribution in [0.1, 0.15) is 24.7 Å². The minimum absolute atomic E-state index is 0.640. The fraction of sp³-hybridized carbons (Fsp3) is 0.333. The predicted molar refractivity (Wildman–Crippen MR) is 76.3 cm³/mol. The maximum atomic E-state index is 5.65. The van der Waals surface area contributed by atoms with Crippen molar-refractivity contribution in [1.82, 2.24) is 9.97 Å². The number of aromatic nitrogens is 2. The monoisotopic (exact) mass is 257 g/mol. The van der Waals surface area contributed by atoms with E-state index >= 15 is 0 Å². The Morgan fingerprint density at radius 3 is 2.89 bits per heavy atom. The van der Waals surface area contributed by atoms with Gasteiger partial charge < -0.3 is 10.1 Å². The molecule has 0 fully saturated rings. The molecule has 0 radical (unpaired) electrons. The molecule has 2 heterocycles. The Bertz CT molecular complexity index is 528. The van der Waals surface area contributed by atoms with Crippen molar-refractivity contribution in [1.29, 1.82) is 0 Å². The van der Waals surface area contributed by atoms with Crippen molar-refractivity contribution in [2.75, 3.05) is 11.9 Å². The zero-order chi connectivity index (χ0) is 13.5. The van der Waals surface area contributed by atoms with Crippen LogP contribution in [-0.4, -0.2) is 16.6 Å². The fourth-order valence-electron chi connectivity index (χ4n) is 1.72. The molecular formula is C15H19N3O. The fourth-order valence-corrected chi connectivity index (χ4v) is 1.72. The highest BCUT2D eigenvalue weighted by molar-refractivity contribution is 5.49. The summed E-state index contributed by atoms with van der Waals surface area (Å²) in [5, 5.41) is 3.27. The molecule has 4 nitrogen and oxygen atoms in total. The van der Waals surface area contributed by atoms with Crippen LogP contribution in [0.5, 0.6) is 5.75 Å². The van der Waals surface area contributed by atoms with Gasteiger partial charge >= 0.3 is 0 Å². The van der Waals surface area contributed by atoms with Crippen LogP contribution in [0.15, 0.2) is 36.5 Å². The number of hydrogen-bond acceptors (Lipinski definition) is 4. The number of nitrogens with one attached hydrogen (secondary N) is 1. The lowest BCUT2D eigenvalue weighted by molar-refractivity contribution is 0.318. The number of ether oxygens (including phenoxy) is 1. The second-order valence-electron chi connectivity index (χ2n) is 4.32. The number of nitrogens with zero attached hydrogens (tertiary/aromatic N) is 2. The molecular weight excluding hydrogens is 238 g/mol.